The number of rotatable bonds is 8. The summed E-state index contributed by atoms with van der Waals surface area (Å²) in [4.78, 5) is 0. The van der Waals surface area contributed by atoms with E-state index in [9.17, 15) is 52.7 Å². The Bertz CT molecular complexity index is 415. The van der Waals surface area contributed by atoms with Crippen molar-refractivity contribution in [3.8, 4) is 0 Å². The van der Waals surface area contributed by atoms with E-state index in [1.54, 1.807) is 0 Å². The third kappa shape index (κ3) is 3.46. The quantitative estimate of drug-likeness (QED) is 0.292. The molecule has 14 heteroatoms. The molecule has 0 aliphatic rings. The summed E-state index contributed by atoms with van der Waals surface area (Å²) in [7, 11) is 0. The second-order valence-electron chi connectivity index (χ2n) is 4.33. The molecule has 23 heavy (non-hydrogen) atoms. The molecule has 0 aromatic rings. The molecule has 0 unspecified atom stereocenters. The highest BCUT2D eigenvalue weighted by atomic mass is 127. The Morgan fingerprint density at radius 3 is 1.26 bits per heavy atom. The van der Waals surface area contributed by atoms with Gasteiger partial charge in [0.05, 0.1) is 0 Å². The number of hydrogen-bond donors (Lipinski definition) is 1. The highest BCUT2D eigenvalue weighted by Gasteiger charge is 2.89. The summed E-state index contributed by atoms with van der Waals surface area (Å²) in [6, 6.07) is 0. The fourth-order valence-electron chi connectivity index (χ4n) is 1.26. The number of alkyl halides is 13. The lowest BCUT2D eigenvalue weighted by atomic mass is 9.92. The summed E-state index contributed by atoms with van der Waals surface area (Å²) in [6.45, 7) is -1.23. The second kappa shape index (κ2) is 6.29. The van der Waals surface area contributed by atoms with Crippen molar-refractivity contribution in [2.24, 2.45) is 0 Å². The molecule has 1 nitrogen and oxygen atoms in total. The van der Waals surface area contributed by atoms with Gasteiger partial charge < -0.3 is 5.11 Å². The zero-order chi connectivity index (χ0) is 19.1. The van der Waals surface area contributed by atoms with E-state index in [-0.39, 0.29) is 0 Å². The van der Waals surface area contributed by atoms with Crippen LogP contribution in [0.2, 0.25) is 0 Å². The van der Waals surface area contributed by atoms with Crippen molar-refractivity contribution >= 4 is 22.6 Å². The minimum absolute atomic E-state index is 0.706. The predicted molar refractivity (Wildman–Crippen MR) is 60.0 cm³/mol. The van der Waals surface area contributed by atoms with Gasteiger partial charge in [-0.15, -0.1) is 0 Å². The van der Waals surface area contributed by atoms with Crippen LogP contribution < -0.4 is 0 Å². The molecule has 0 aromatic heterocycles. The number of halogens is 13. The summed E-state index contributed by atoms with van der Waals surface area (Å²) in [5, 5.41) is 8.16. The summed E-state index contributed by atoms with van der Waals surface area (Å²) in [6.07, 6.45) is -3.53. The summed E-state index contributed by atoms with van der Waals surface area (Å²) >= 11 is -0.706. The maximum Gasteiger partial charge on any atom is 0.387 e. The summed E-state index contributed by atoms with van der Waals surface area (Å²) in [5.74, 6) is -35.1. The first-order chi connectivity index (χ1) is 9.81. The molecule has 0 amide bonds. The van der Waals surface area contributed by atoms with Gasteiger partial charge in [0.1, 0.15) is 0 Å². The van der Waals surface area contributed by atoms with Gasteiger partial charge in [-0.3, -0.25) is 0 Å². The summed E-state index contributed by atoms with van der Waals surface area (Å²) < 4.78 is 149. The van der Waals surface area contributed by atoms with Crippen LogP contribution in [0.25, 0.3) is 0 Å². The van der Waals surface area contributed by atoms with Crippen LogP contribution in [0.1, 0.15) is 12.8 Å². The van der Waals surface area contributed by atoms with Crippen molar-refractivity contribution in [3.05, 3.63) is 0 Å². The Kier molecular flexibility index (Phi) is 6.25. The van der Waals surface area contributed by atoms with Crippen LogP contribution in [0.3, 0.4) is 0 Å². The fraction of sp³-hybridized carbons (Fsp3) is 1.00. The van der Waals surface area contributed by atoms with Crippen LogP contribution in [-0.2, 0) is 0 Å². The smallest absolute Gasteiger partial charge is 0.387 e. The average Bonchev–Trinajstić information content (AvgIpc) is 2.34. The first-order valence-corrected chi connectivity index (χ1v) is 6.46. The number of aliphatic hydroxyl groups excluding tert-OH is 1. The number of aliphatic hydroxyl groups is 1. The molecule has 0 atom stereocenters. The molecular weight excluding hydrogens is 479 g/mol. The van der Waals surface area contributed by atoms with E-state index in [0.717, 1.165) is 0 Å². The van der Waals surface area contributed by atoms with Gasteiger partial charge in [-0.05, 0) is 6.42 Å². The van der Waals surface area contributed by atoms with E-state index >= 15 is 0 Å². The van der Waals surface area contributed by atoms with Crippen molar-refractivity contribution < 1.29 is 57.8 Å². The third-order valence-corrected chi connectivity index (χ3v) is 3.32. The van der Waals surface area contributed by atoms with E-state index in [0.29, 0.717) is 0 Å². The van der Waals surface area contributed by atoms with Crippen molar-refractivity contribution in [2.75, 3.05) is 6.61 Å². The molecule has 0 spiro atoms. The molecule has 0 radical (unpaired) electrons. The van der Waals surface area contributed by atoms with Crippen LogP contribution >= 0.6 is 22.6 Å². The van der Waals surface area contributed by atoms with Crippen LogP contribution in [0.4, 0.5) is 52.7 Å². The Morgan fingerprint density at radius 2 is 0.957 bits per heavy atom. The van der Waals surface area contributed by atoms with Crippen molar-refractivity contribution in [3.63, 3.8) is 0 Å². The average molecular weight is 486 g/mol. The highest BCUT2D eigenvalue weighted by molar-refractivity contribution is 14.1. The zero-order valence-corrected chi connectivity index (χ0v) is 12.6. The minimum Gasteiger partial charge on any atom is -0.396 e. The highest BCUT2D eigenvalue weighted by Crippen LogP contribution is 2.61. The molecule has 0 bridgehead atoms. The van der Waals surface area contributed by atoms with Gasteiger partial charge in [0.15, 0.2) is 0 Å². The molecule has 0 aliphatic carbocycles. The zero-order valence-electron chi connectivity index (χ0n) is 10.5. The number of hydrogen-bond acceptors (Lipinski definition) is 1. The van der Waals surface area contributed by atoms with Gasteiger partial charge in [0.25, 0.3) is 0 Å². The molecule has 1 N–H and O–H groups in total. The van der Waals surface area contributed by atoms with Gasteiger partial charge in [0.2, 0.25) is 0 Å². The maximum atomic E-state index is 13.1. The molecular formula is C9H7F12IO. The van der Waals surface area contributed by atoms with Crippen LogP contribution in [0, 0.1) is 0 Å². The lowest BCUT2D eigenvalue weighted by Gasteiger charge is -2.40. The minimum atomic E-state index is -7.52. The third-order valence-electron chi connectivity index (χ3n) is 2.65. The molecule has 0 rings (SSSR count). The topological polar surface area (TPSA) is 20.2 Å². The van der Waals surface area contributed by atoms with Gasteiger partial charge in [-0.25, -0.2) is 0 Å². The first kappa shape index (κ1) is 22.9. The van der Waals surface area contributed by atoms with Gasteiger partial charge in [0, 0.05) is 35.6 Å². The Morgan fingerprint density at radius 1 is 0.609 bits per heavy atom. The van der Waals surface area contributed by atoms with Gasteiger partial charge >= 0.3 is 33.5 Å². The van der Waals surface area contributed by atoms with E-state index in [4.69, 9.17) is 5.11 Å². The van der Waals surface area contributed by atoms with E-state index in [2.05, 4.69) is 0 Å². The maximum absolute atomic E-state index is 13.1. The molecule has 140 valence electrons. The van der Waals surface area contributed by atoms with E-state index in [1.807, 2.05) is 0 Å². The van der Waals surface area contributed by atoms with Crippen LogP contribution in [-0.4, -0.2) is 45.3 Å². The Hall–Kier alpha value is -0.150. The normalized spacial score (nSPS) is 15.9. The molecule has 0 heterocycles. The monoisotopic (exact) mass is 486 g/mol. The van der Waals surface area contributed by atoms with Crippen molar-refractivity contribution in [2.45, 2.75) is 46.4 Å². The Labute approximate surface area is 134 Å². The molecule has 0 aromatic carbocycles. The van der Waals surface area contributed by atoms with Crippen LogP contribution in [0.5, 0.6) is 0 Å². The molecule has 0 saturated heterocycles. The van der Waals surface area contributed by atoms with Gasteiger partial charge in [-0.1, -0.05) is 0 Å². The summed E-state index contributed by atoms with van der Waals surface area (Å²) in [5.41, 5.74) is 0. The largest absolute Gasteiger partial charge is 0.396 e. The van der Waals surface area contributed by atoms with Gasteiger partial charge in [-0.2, -0.15) is 52.7 Å². The molecule has 0 saturated carbocycles. The first-order valence-electron chi connectivity index (χ1n) is 5.38. The fourth-order valence-corrected chi connectivity index (χ4v) is 1.60. The van der Waals surface area contributed by atoms with E-state index < -0.39 is 75.6 Å². The lowest BCUT2D eigenvalue weighted by Crippen LogP contribution is -2.69. The van der Waals surface area contributed by atoms with Crippen molar-refractivity contribution in [1.29, 1.82) is 0 Å². The predicted octanol–water partition coefficient (Wildman–Crippen LogP) is 4.96. The Balaban J connectivity index is 6.03. The van der Waals surface area contributed by atoms with E-state index in [1.165, 1.54) is 0 Å². The second-order valence-corrected chi connectivity index (χ2v) is 5.68. The molecule has 0 fully saturated rings. The SMILES string of the molecule is OCCCC(F)(F)C(F)(F)C(F)(F)C(F)(F)C(F)(F)C(F)(F)I. The van der Waals surface area contributed by atoms with Crippen LogP contribution in [0.15, 0.2) is 0 Å². The van der Waals surface area contributed by atoms with Crippen molar-refractivity contribution in [1.82, 2.24) is 0 Å². The molecule has 0 aliphatic heterocycles. The lowest BCUT2D eigenvalue weighted by molar-refractivity contribution is -0.414. The standard InChI is InChI=1S/C9H7F12IO/c10-4(11,2-1-3-23)5(12,13)6(14,15)7(16,17)8(18,19)9(20,21)22/h23H,1-3H2.